The van der Waals surface area contributed by atoms with E-state index in [0.717, 1.165) is 32.1 Å². The minimum absolute atomic E-state index is 0.128. The van der Waals surface area contributed by atoms with Crippen LogP contribution in [0.4, 0.5) is 4.79 Å². The first-order valence-electron chi connectivity index (χ1n) is 4.53. The lowest BCUT2D eigenvalue weighted by atomic mass is 10.2. The highest BCUT2D eigenvalue weighted by molar-refractivity contribution is 5.66. The van der Waals surface area contributed by atoms with Crippen LogP contribution in [-0.4, -0.2) is 19.2 Å². The number of rotatable bonds is 1. The molecule has 1 amide bonds. The van der Waals surface area contributed by atoms with Crippen molar-refractivity contribution < 1.29 is 9.53 Å². The summed E-state index contributed by atoms with van der Waals surface area (Å²) in [7, 11) is 1.59. The van der Waals surface area contributed by atoms with E-state index in [-0.39, 0.29) is 12.2 Å². The van der Waals surface area contributed by atoms with Gasteiger partial charge in [-0.05, 0) is 32.1 Å². The van der Waals surface area contributed by atoms with Gasteiger partial charge in [0.05, 0.1) is 0 Å². The van der Waals surface area contributed by atoms with Crippen LogP contribution in [0.3, 0.4) is 0 Å². The van der Waals surface area contributed by atoms with Crippen LogP contribution >= 0.6 is 0 Å². The van der Waals surface area contributed by atoms with Crippen molar-refractivity contribution in [1.29, 1.82) is 0 Å². The zero-order valence-electron chi connectivity index (χ0n) is 7.51. The molecule has 0 spiro atoms. The Hall–Kier alpha value is -0.730. The summed E-state index contributed by atoms with van der Waals surface area (Å²) in [6.45, 7) is 0. The molecule has 1 atom stereocenters. The maximum absolute atomic E-state index is 10.8. The summed E-state index contributed by atoms with van der Waals surface area (Å²) in [5.74, 6) is 0. The van der Waals surface area contributed by atoms with Crippen molar-refractivity contribution in [1.82, 2.24) is 5.32 Å². The van der Waals surface area contributed by atoms with Crippen molar-refractivity contribution in [3.63, 3.8) is 0 Å². The molecule has 1 fully saturated rings. The molecule has 0 aromatic rings. The molecule has 1 saturated carbocycles. The molecule has 1 N–H and O–H groups in total. The van der Waals surface area contributed by atoms with Crippen LogP contribution in [0.5, 0.6) is 0 Å². The minimum atomic E-state index is -0.304. The van der Waals surface area contributed by atoms with E-state index < -0.39 is 0 Å². The Morgan fingerprint density at radius 3 is 3.08 bits per heavy atom. The zero-order chi connectivity index (χ0) is 8.81. The van der Waals surface area contributed by atoms with Crippen molar-refractivity contribution in [3.05, 3.63) is 6.42 Å². The summed E-state index contributed by atoms with van der Waals surface area (Å²) in [6, 6.07) is 0. The van der Waals surface area contributed by atoms with Gasteiger partial charge < -0.3 is 10.1 Å². The van der Waals surface area contributed by atoms with Gasteiger partial charge in [0.15, 0.2) is 0 Å². The lowest BCUT2D eigenvalue weighted by Gasteiger charge is -2.14. The SMILES string of the molecule is CNC(=O)OC1CC[CH]CCC1. The Kier molecular flexibility index (Phi) is 3.91. The molecule has 69 valence electrons. The minimum Gasteiger partial charge on any atom is -0.446 e. The highest BCUT2D eigenvalue weighted by atomic mass is 16.6. The van der Waals surface area contributed by atoms with Crippen molar-refractivity contribution >= 4 is 6.09 Å². The second kappa shape index (κ2) is 5.01. The highest BCUT2D eigenvalue weighted by Crippen LogP contribution is 2.18. The van der Waals surface area contributed by atoms with E-state index in [4.69, 9.17) is 4.74 Å². The van der Waals surface area contributed by atoms with E-state index in [2.05, 4.69) is 11.7 Å². The normalized spacial score (nSPS) is 19.8. The molecule has 0 saturated heterocycles. The molecular weight excluding hydrogens is 154 g/mol. The Morgan fingerprint density at radius 1 is 1.50 bits per heavy atom. The average Bonchev–Trinajstić information content (AvgIpc) is 2.33. The first-order chi connectivity index (χ1) is 5.83. The van der Waals surface area contributed by atoms with E-state index in [0.29, 0.717) is 0 Å². The van der Waals surface area contributed by atoms with Crippen molar-refractivity contribution in [2.75, 3.05) is 7.05 Å². The molecule has 0 bridgehead atoms. The van der Waals surface area contributed by atoms with Gasteiger partial charge in [-0.25, -0.2) is 4.79 Å². The van der Waals surface area contributed by atoms with Crippen molar-refractivity contribution in [2.24, 2.45) is 0 Å². The monoisotopic (exact) mass is 170 g/mol. The van der Waals surface area contributed by atoms with Gasteiger partial charge in [-0.2, -0.15) is 0 Å². The first kappa shape index (κ1) is 9.36. The Morgan fingerprint density at radius 2 is 2.33 bits per heavy atom. The number of hydrogen-bond donors (Lipinski definition) is 1. The Balaban J connectivity index is 2.24. The predicted molar refractivity (Wildman–Crippen MR) is 46.7 cm³/mol. The predicted octanol–water partition coefficient (Wildman–Crippen LogP) is 1.88. The van der Waals surface area contributed by atoms with E-state index in [1.807, 2.05) is 0 Å². The fraction of sp³-hybridized carbons (Fsp3) is 0.778. The molecule has 0 heterocycles. The molecule has 1 unspecified atom stereocenters. The van der Waals surface area contributed by atoms with Crippen LogP contribution in [0.2, 0.25) is 0 Å². The third kappa shape index (κ3) is 3.11. The van der Waals surface area contributed by atoms with Gasteiger partial charge in [0.25, 0.3) is 0 Å². The van der Waals surface area contributed by atoms with Gasteiger partial charge in [0, 0.05) is 7.05 Å². The number of carbonyl (C=O) groups is 1. The zero-order valence-corrected chi connectivity index (χ0v) is 7.51. The van der Waals surface area contributed by atoms with Crippen LogP contribution in [0.15, 0.2) is 0 Å². The quantitative estimate of drug-likeness (QED) is 0.610. The van der Waals surface area contributed by atoms with Gasteiger partial charge in [0.1, 0.15) is 6.10 Å². The Labute approximate surface area is 73.5 Å². The van der Waals surface area contributed by atoms with Gasteiger partial charge in [-0.15, -0.1) is 0 Å². The number of nitrogens with one attached hydrogen (secondary N) is 1. The van der Waals surface area contributed by atoms with Gasteiger partial charge in [0.2, 0.25) is 0 Å². The molecule has 1 aliphatic carbocycles. The van der Waals surface area contributed by atoms with Crippen LogP contribution in [-0.2, 0) is 4.74 Å². The number of ether oxygens (including phenoxy) is 1. The van der Waals surface area contributed by atoms with E-state index in [1.54, 1.807) is 7.05 Å². The molecule has 3 nitrogen and oxygen atoms in total. The second-order valence-electron chi connectivity index (χ2n) is 3.07. The smallest absolute Gasteiger partial charge is 0.407 e. The lowest BCUT2D eigenvalue weighted by molar-refractivity contribution is 0.0909. The number of amides is 1. The topological polar surface area (TPSA) is 38.3 Å². The fourth-order valence-electron chi connectivity index (χ4n) is 1.41. The van der Waals surface area contributed by atoms with Crippen molar-refractivity contribution in [3.8, 4) is 0 Å². The van der Waals surface area contributed by atoms with Crippen LogP contribution < -0.4 is 5.32 Å². The molecule has 12 heavy (non-hydrogen) atoms. The van der Waals surface area contributed by atoms with Gasteiger partial charge in [-0.3, -0.25) is 0 Å². The number of carbonyl (C=O) groups excluding carboxylic acids is 1. The van der Waals surface area contributed by atoms with Gasteiger partial charge in [-0.1, -0.05) is 6.42 Å². The number of alkyl carbamates (subject to hydrolysis) is 1. The van der Waals surface area contributed by atoms with E-state index >= 15 is 0 Å². The summed E-state index contributed by atoms with van der Waals surface area (Å²) in [5.41, 5.74) is 0. The highest BCUT2D eigenvalue weighted by Gasteiger charge is 2.15. The standard InChI is InChI=1S/C9H16NO2/c1-10-9(11)12-8-6-4-2-3-5-7-8/h2,8H,3-7H2,1H3,(H,10,11). The van der Waals surface area contributed by atoms with E-state index in [1.165, 1.54) is 0 Å². The summed E-state index contributed by atoms with van der Waals surface area (Å²) >= 11 is 0. The molecule has 0 aromatic carbocycles. The average molecular weight is 170 g/mol. The van der Waals surface area contributed by atoms with Crippen LogP contribution in [0.1, 0.15) is 32.1 Å². The summed E-state index contributed by atoms with van der Waals surface area (Å²) in [4.78, 5) is 10.8. The molecule has 0 aliphatic heterocycles. The maximum Gasteiger partial charge on any atom is 0.407 e. The van der Waals surface area contributed by atoms with Crippen molar-refractivity contribution in [2.45, 2.75) is 38.2 Å². The molecular formula is C9H16NO2. The summed E-state index contributed by atoms with van der Waals surface area (Å²) in [6.07, 6.45) is 7.45. The molecule has 1 radical (unpaired) electrons. The molecule has 0 aromatic heterocycles. The largest absolute Gasteiger partial charge is 0.446 e. The molecule has 3 heteroatoms. The third-order valence-electron chi connectivity index (χ3n) is 2.10. The molecule has 1 aliphatic rings. The lowest BCUT2D eigenvalue weighted by Crippen LogP contribution is -2.25. The maximum atomic E-state index is 10.8. The Bertz CT molecular complexity index is 139. The third-order valence-corrected chi connectivity index (χ3v) is 2.10. The second-order valence-corrected chi connectivity index (χ2v) is 3.07. The van der Waals surface area contributed by atoms with Crippen LogP contribution in [0.25, 0.3) is 0 Å². The number of hydrogen-bond acceptors (Lipinski definition) is 2. The fourth-order valence-corrected chi connectivity index (χ4v) is 1.41. The molecule has 1 rings (SSSR count). The van der Waals surface area contributed by atoms with Gasteiger partial charge >= 0.3 is 6.09 Å². The summed E-state index contributed by atoms with van der Waals surface area (Å²) in [5, 5.41) is 2.46. The van der Waals surface area contributed by atoms with E-state index in [9.17, 15) is 4.79 Å². The first-order valence-corrected chi connectivity index (χ1v) is 4.53. The van der Waals surface area contributed by atoms with Crippen LogP contribution in [0, 0.1) is 6.42 Å². The summed E-state index contributed by atoms with van der Waals surface area (Å²) < 4.78 is 5.15.